The van der Waals surface area contributed by atoms with Crippen molar-refractivity contribution >= 4 is 22.5 Å². The van der Waals surface area contributed by atoms with Crippen LogP contribution in [0.3, 0.4) is 0 Å². The molecule has 0 radical (unpaired) electrons. The van der Waals surface area contributed by atoms with Crippen molar-refractivity contribution in [2.75, 3.05) is 0 Å². The first-order chi connectivity index (χ1) is 5.70. The average molecular weight is 183 g/mol. The van der Waals surface area contributed by atoms with Gasteiger partial charge in [-0.2, -0.15) is 5.10 Å². The van der Waals surface area contributed by atoms with E-state index in [1.807, 2.05) is 0 Å². The summed E-state index contributed by atoms with van der Waals surface area (Å²) in [7, 11) is 0. The zero-order chi connectivity index (χ0) is 8.72. The SMILES string of the molecule is Cc1c(Cl)cc2[nH]ncc2c1O. The Morgan fingerprint density at radius 2 is 2.33 bits per heavy atom. The van der Waals surface area contributed by atoms with Crippen LogP contribution < -0.4 is 0 Å². The van der Waals surface area contributed by atoms with Crippen LogP contribution in [-0.2, 0) is 0 Å². The van der Waals surface area contributed by atoms with Gasteiger partial charge in [0.2, 0.25) is 0 Å². The molecule has 0 bridgehead atoms. The molecule has 0 spiro atoms. The molecule has 1 aromatic carbocycles. The highest BCUT2D eigenvalue weighted by Gasteiger charge is 2.08. The molecule has 0 aliphatic heterocycles. The van der Waals surface area contributed by atoms with E-state index in [2.05, 4.69) is 10.2 Å². The van der Waals surface area contributed by atoms with E-state index in [0.29, 0.717) is 16.0 Å². The van der Waals surface area contributed by atoms with Crippen LogP contribution in [0.5, 0.6) is 5.75 Å². The summed E-state index contributed by atoms with van der Waals surface area (Å²) in [5, 5.41) is 17.4. The second-order valence-corrected chi connectivity index (χ2v) is 3.07. The van der Waals surface area contributed by atoms with Crippen LogP contribution in [0.2, 0.25) is 5.02 Å². The standard InChI is InChI=1S/C8H7ClN2O/c1-4-6(9)2-7-5(8(4)12)3-10-11-7/h2-3,12H,1H3,(H,10,11). The zero-order valence-electron chi connectivity index (χ0n) is 6.43. The van der Waals surface area contributed by atoms with E-state index in [0.717, 1.165) is 5.52 Å². The molecule has 0 saturated carbocycles. The quantitative estimate of drug-likeness (QED) is 0.657. The summed E-state index contributed by atoms with van der Waals surface area (Å²) >= 11 is 5.84. The Kier molecular flexibility index (Phi) is 1.48. The van der Waals surface area contributed by atoms with Gasteiger partial charge in [0, 0.05) is 10.6 Å². The monoisotopic (exact) mass is 182 g/mol. The number of benzene rings is 1. The lowest BCUT2D eigenvalue weighted by molar-refractivity contribution is 0.477. The number of halogens is 1. The fourth-order valence-corrected chi connectivity index (χ4v) is 1.34. The summed E-state index contributed by atoms with van der Waals surface area (Å²) in [6.07, 6.45) is 1.58. The summed E-state index contributed by atoms with van der Waals surface area (Å²) in [6, 6.07) is 1.75. The fraction of sp³-hybridized carbons (Fsp3) is 0.125. The lowest BCUT2D eigenvalue weighted by Crippen LogP contribution is -1.78. The smallest absolute Gasteiger partial charge is 0.130 e. The first kappa shape index (κ1) is 7.43. The molecule has 2 aromatic rings. The Balaban J connectivity index is 2.94. The number of phenolic OH excluding ortho intramolecular Hbond substituents is 1. The van der Waals surface area contributed by atoms with E-state index in [4.69, 9.17) is 11.6 Å². The molecule has 4 heteroatoms. The van der Waals surface area contributed by atoms with E-state index in [-0.39, 0.29) is 5.75 Å². The minimum Gasteiger partial charge on any atom is -0.507 e. The maximum atomic E-state index is 9.58. The summed E-state index contributed by atoms with van der Waals surface area (Å²) < 4.78 is 0. The van der Waals surface area contributed by atoms with Gasteiger partial charge in [-0.05, 0) is 13.0 Å². The third-order valence-electron chi connectivity index (χ3n) is 1.91. The number of phenols is 1. The van der Waals surface area contributed by atoms with Gasteiger partial charge in [0.25, 0.3) is 0 Å². The lowest BCUT2D eigenvalue weighted by Gasteiger charge is -2.01. The van der Waals surface area contributed by atoms with Gasteiger partial charge in [0.1, 0.15) is 5.75 Å². The van der Waals surface area contributed by atoms with Gasteiger partial charge >= 0.3 is 0 Å². The number of H-pyrrole nitrogens is 1. The molecule has 62 valence electrons. The predicted octanol–water partition coefficient (Wildman–Crippen LogP) is 2.23. The van der Waals surface area contributed by atoms with Crippen LogP contribution in [0.15, 0.2) is 12.3 Å². The van der Waals surface area contributed by atoms with Crippen molar-refractivity contribution in [3.05, 3.63) is 22.8 Å². The number of aromatic nitrogens is 2. The number of hydrogen-bond acceptors (Lipinski definition) is 2. The van der Waals surface area contributed by atoms with Crippen molar-refractivity contribution in [2.45, 2.75) is 6.92 Å². The lowest BCUT2D eigenvalue weighted by atomic mass is 10.1. The number of aromatic amines is 1. The van der Waals surface area contributed by atoms with Crippen molar-refractivity contribution in [3.8, 4) is 5.75 Å². The number of hydrogen-bond donors (Lipinski definition) is 2. The second kappa shape index (κ2) is 2.38. The van der Waals surface area contributed by atoms with Crippen molar-refractivity contribution < 1.29 is 5.11 Å². The molecule has 2 rings (SSSR count). The van der Waals surface area contributed by atoms with Crippen LogP contribution in [-0.4, -0.2) is 15.3 Å². The number of nitrogens with one attached hydrogen (secondary N) is 1. The van der Waals surface area contributed by atoms with Crippen LogP contribution in [0.25, 0.3) is 10.9 Å². The van der Waals surface area contributed by atoms with Gasteiger partial charge in [-0.3, -0.25) is 5.10 Å². The second-order valence-electron chi connectivity index (χ2n) is 2.66. The fourth-order valence-electron chi connectivity index (χ4n) is 1.14. The summed E-state index contributed by atoms with van der Waals surface area (Å²) in [4.78, 5) is 0. The Labute approximate surface area is 74.0 Å². The molecule has 0 saturated heterocycles. The summed E-state index contributed by atoms with van der Waals surface area (Å²) in [6.45, 7) is 1.77. The molecule has 0 atom stereocenters. The molecule has 0 amide bonds. The number of nitrogens with zero attached hydrogens (tertiary/aromatic N) is 1. The highest BCUT2D eigenvalue weighted by molar-refractivity contribution is 6.32. The number of rotatable bonds is 0. The Morgan fingerprint density at radius 3 is 3.08 bits per heavy atom. The van der Waals surface area contributed by atoms with E-state index >= 15 is 0 Å². The van der Waals surface area contributed by atoms with Gasteiger partial charge in [-0.1, -0.05) is 11.6 Å². The van der Waals surface area contributed by atoms with E-state index in [9.17, 15) is 5.11 Å². The van der Waals surface area contributed by atoms with Crippen molar-refractivity contribution in [2.24, 2.45) is 0 Å². The molecule has 12 heavy (non-hydrogen) atoms. The number of aromatic hydroxyl groups is 1. The van der Waals surface area contributed by atoms with Gasteiger partial charge in [-0.15, -0.1) is 0 Å². The molecule has 1 aromatic heterocycles. The minimum atomic E-state index is 0.200. The molecular formula is C8H7ClN2O. The zero-order valence-corrected chi connectivity index (χ0v) is 7.18. The third kappa shape index (κ3) is 0.865. The molecule has 3 nitrogen and oxygen atoms in total. The Hall–Kier alpha value is -1.22. The van der Waals surface area contributed by atoms with Gasteiger partial charge < -0.3 is 5.11 Å². The first-order valence-electron chi connectivity index (χ1n) is 3.51. The van der Waals surface area contributed by atoms with Crippen molar-refractivity contribution in [1.82, 2.24) is 10.2 Å². The Bertz CT molecular complexity index is 436. The average Bonchev–Trinajstić information content (AvgIpc) is 2.48. The van der Waals surface area contributed by atoms with Gasteiger partial charge in [-0.25, -0.2) is 0 Å². The normalized spacial score (nSPS) is 10.8. The predicted molar refractivity (Wildman–Crippen MR) is 47.5 cm³/mol. The maximum Gasteiger partial charge on any atom is 0.130 e. The molecular weight excluding hydrogens is 176 g/mol. The molecule has 0 aliphatic rings. The Morgan fingerprint density at radius 1 is 1.58 bits per heavy atom. The van der Waals surface area contributed by atoms with E-state index < -0.39 is 0 Å². The van der Waals surface area contributed by atoms with Crippen molar-refractivity contribution in [3.63, 3.8) is 0 Å². The maximum absolute atomic E-state index is 9.58. The molecule has 0 fully saturated rings. The van der Waals surface area contributed by atoms with Crippen LogP contribution in [0, 0.1) is 6.92 Å². The highest BCUT2D eigenvalue weighted by atomic mass is 35.5. The molecule has 0 aliphatic carbocycles. The summed E-state index contributed by atoms with van der Waals surface area (Å²) in [5.74, 6) is 0.200. The van der Waals surface area contributed by atoms with Gasteiger partial charge in [0.05, 0.1) is 17.1 Å². The largest absolute Gasteiger partial charge is 0.507 e. The van der Waals surface area contributed by atoms with Crippen LogP contribution in [0.1, 0.15) is 5.56 Å². The molecule has 1 heterocycles. The van der Waals surface area contributed by atoms with Crippen LogP contribution >= 0.6 is 11.6 Å². The molecule has 0 unspecified atom stereocenters. The van der Waals surface area contributed by atoms with E-state index in [1.54, 1.807) is 19.2 Å². The van der Waals surface area contributed by atoms with Crippen LogP contribution in [0.4, 0.5) is 0 Å². The first-order valence-corrected chi connectivity index (χ1v) is 3.89. The third-order valence-corrected chi connectivity index (χ3v) is 2.30. The highest BCUT2D eigenvalue weighted by Crippen LogP contribution is 2.32. The van der Waals surface area contributed by atoms with Crippen molar-refractivity contribution in [1.29, 1.82) is 0 Å². The molecule has 2 N–H and O–H groups in total. The number of fused-ring (bicyclic) bond motifs is 1. The minimum absolute atomic E-state index is 0.200. The van der Waals surface area contributed by atoms with Gasteiger partial charge in [0.15, 0.2) is 0 Å². The topological polar surface area (TPSA) is 48.9 Å². The van der Waals surface area contributed by atoms with E-state index in [1.165, 1.54) is 0 Å². The summed E-state index contributed by atoms with van der Waals surface area (Å²) in [5.41, 5.74) is 1.44.